The lowest BCUT2D eigenvalue weighted by atomic mass is 10.3. The molecule has 0 aliphatic rings. The van der Waals surface area contributed by atoms with E-state index in [2.05, 4.69) is 5.10 Å². The lowest BCUT2D eigenvalue weighted by Crippen LogP contribution is -2.07. The van der Waals surface area contributed by atoms with Gasteiger partial charge in [-0.2, -0.15) is 5.10 Å². The van der Waals surface area contributed by atoms with Gasteiger partial charge in [0.2, 0.25) is 0 Å². The van der Waals surface area contributed by atoms with Gasteiger partial charge in [-0.3, -0.25) is 0 Å². The number of rotatable bonds is 5. The SMILES string of the molecule is Cc1nn(-c2ccccc2)c(SC(C)CO)c1CN. The van der Waals surface area contributed by atoms with Crippen LogP contribution in [0.3, 0.4) is 0 Å². The molecule has 0 aliphatic heterocycles. The molecule has 5 heteroatoms. The first-order valence-corrected chi connectivity index (χ1v) is 7.16. The second kappa shape index (κ2) is 6.23. The maximum Gasteiger partial charge on any atom is 0.105 e. The highest BCUT2D eigenvalue weighted by atomic mass is 32.2. The molecule has 1 atom stereocenters. The van der Waals surface area contributed by atoms with Gasteiger partial charge in [-0.1, -0.05) is 25.1 Å². The van der Waals surface area contributed by atoms with E-state index in [0.717, 1.165) is 22.0 Å². The van der Waals surface area contributed by atoms with E-state index in [4.69, 9.17) is 5.73 Å². The van der Waals surface area contributed by atoms with Gasteiger partial charge in [0, 0.05) is 17.4 Å². The Morgan fingerprint density at radius 3 is 2.63 bits per heavy atom. The molecule has 2 aromatic rings. The lowest BCUT2D eigenvalue weighted by molar-refractivity contribution is 0.300. The average molecular weight is 277 g/mol. The van der Waals surface area contributed by atoms with E-state index in [0.29, 0.717) is 6.54 Å². The quantitative estimate of drug-likeness (QED) is 0.822. The van der Waals surface area contributed by atoms with Crippen LogP contribution in [0, 0.1) is 6.92 Å². The molecule has 0 saturated heterocycles. The van der Waals surface area contributed by atoms with Gasteiger partial charge >= 0.3 is 0 Å². The van der Waals surface area contributed by atoms with Crippen LogP contribution in [-0.2, 0) is 6.54 Å². The molecular weight excluding hydrogens is 258 g/mol. The Hall–Kier alpha value is -1.30. The lowest BCUT2D eigenvalue weighted by Gasteiger charge is -2.12. The fourth-order valence-electron chi connectivity index (χ4n) is 1.87. The zero-order valence-corrected chi connectivity index (χ0v) is 12.0. The first-order chi connectivity index (χ1) is 9.17. The van der Waals surface area contributed by atoms with Crippen LogP contribution in [0.5, 0.6) is 0 Å². The summed E-state index contributed by atoms with van der Waals surface area (Å²) in [5, 5.41) is 15.0. The van der Waals surface area contributed by atoms with Crippen LogP contribution in [-0.4, -0.2) is 26.7 Å². The third-order valence-electron chi connectivity index (χ3n) is 2.91. The fraction of sp³-hybridized carbons (Fsp3) is 0.357. The molecule has 0 spiro atoms. The smallest absolute Gasteiger partial charge is 0.105 e. The maximum absolute atomic E-state index is 9.25. The number of thioether (sulfide) groups is 1. The number of nitrogens with two attached hydrogens (primary N) is 1. The van der Waals surface area contributed by atoms with Crippen molar-refractivity contribution in [1.29, 1.82) is 0 Å². The molecule has 0 radical (unpaired) electrons. The van der Waals surface area contributed by atoms with Crippen LogP contribution in [0.2, 0.25) is 0 Å². The molecule has 0 amide bonds. The van der Waals surface area contributed by atoms with Crippen molar-refractivity contribution in [2.24, 2.45) is 5.73 Å². The van der Waals surface area contributed by atoms with E-state index in [1.165, 1.54) is 0 Å². The van der Waals surface area contributed by atoms with Crippen molar-refractivity contribution >= 4 is 11.8 Å². The number of aliphatic hydroxyl groups is 1. The third kappa shape index (κ3) is 3.00. The monoisotopic (exact) mass is 277 g/mol. The maximum atomic E-state index is 9.25. The van der Waals surface area contributed by atoms with E-state index >= 15 is 0 Å². The van der Waals surface area contributed by atoms with Crippen molar-refractivity contribution < 1.29 is 5.11 Å². The summed E-state index contributed by atoms with van der Waals surface area (Å²) in [6.07, 6.45) is 0. The molecule has 0 saturated carbocycles. The molecule has 0 fully saturated rings. The molecule has 2 rings (SSSR count). The summed E-state index contributed by atoms with van der Waals surface area (Å²) < 4.78 is 1.91. The highest BCUT2D eigenvalue weighted by Gasteiger charge is 2.17. The number of para-hydroxylation sites is 1. The summed E-state index contributed by atoms with van der Waals surface area (Å²) in [6, 6.07) is 9.98. The molecule has 0 bridgehead atoms. The van der Waals surface area contributed by atoms with Crippen molar-refractivity contribution in [2.75, 3.05) is 6.61 Å². The van der Waals surface area contributed by atoms with Gasteiger partial charge in [0.25, 0.3) is 0 Å². The van der Waals surface area contributed by atoms with Gasteiger partial charge in [0.1, 0.15) is 5.03 Å². The minimum atomic E-state index is 0.115. The largest absolute Gasteiger partial charge is 0.395 e. The summed E-state index contributed by atoms with van der Waals surface area (Å²) in [6.45, 7) is 4.55. The molecule has 0 aliphatic carbocycles. The first kappa shape index (κ1) is 14.1. The number of hydrogen-bond donors (Lipinski definition) is 2. The van der Waals surface area contributed by atoms with E-state index in [1.54, 1.807) is 11.8 Å². The Balaban J connectivity index is 2.48. The molecule has 1 unspecified atom stereocenters. The van der Waals surface area contributed by atoms with Gasteiger partial charge < -0.3 is 10.8 Å². The van der Waals surface area contributed by atoms with Gasteiger partial charge in [-0.25, -0.2) is 4.68 Å². The van der Waals surface area contributed by atoms with Gasteiger partial charge in [0.05, 0.1) is 18.0 Å². The number of hydrogen-bond acceptors (Lipinski definition) is 4. The number of benzene rings is 1. The Labute approximate surface area is 117 Å². The standard InChI is InChI=1S/C14H19N3OS/c1-10(9-18)19-14-13(8-15)11(2)16-17(14)12-6-4-3-5-7-12/h3-7,10,18H,8-9,15H2,1-2H3. The minimum absolute atomic E-state index is 0.115. The van der Waals surface area contributed by atoms with Crippen molar-refractivity contribution in [3.63, 3.8) is 0 Å². The van der Waals surface area contributed by atoms with Crippen molar-refractivity contribution in [2.45, 2.75) is 30.7 Å². The van der Waals surface area contributed by atoms with Crippen LogP contribution >= 0.6 is 11.8 Å². The van der Waals surface area contributed by atoms with Gasteiger partial charge in [0.15, 0.2) is 0 Å². The summed E-state index contributed by atoms with van der Waals surface area (Å²) in [5.41, 5.74) is 8.84. The Kier molecular flexibility index (Phi) is 4.63. The van der Waals surface area contributed by atoms with Crippen LogP contribution in [0.15, 0.2) is 35.4 Å². The summed E-state index contributed by atoms with van der Waals surface area (Å²) >= 11 is 1.61. The summed E-state index contributed by atoms with van der Waals surface area (Å²) in [5.74, 6) is 0. The van der Waals surface area contributed by atoms with Crippen molar-refractivity contribution in [1.82, 2.24) is 9.78 Å². The highest BCUT2D eigenvalue weighted by Crippen LogP contribution is 2.30. The predicted octanol–water partition coefficient (Wildman–Crippen LogP) is 2.11. The summed E-state index contributed by atoms with van der Waals surface area (Å²) in [7, 11) is 0. The van der Waals surface area contributed by atoms with Crippen molar-refractivity contribution in [3.8, 4) is 5.69 Å². The second-order valence-electron chi connectivity index (χ2n) is 4.43. The van der Waals surface area contributed by atoms with Crippen LogP contribution in [0.1, 0.15) is 18.2 Å². The van der Waals surface area contributed by atoms with Crippen LogP contribution < -0.4 is 5.73 Å². The van der Waals surface area contributed by atoms with Crippen molar-refractivity contribution in [3.05, 3.63) is 41.6 Å². The number of aromatic nitrogens is 2. The molecule has 102 valence electrons. The summed E-state index contributed by atoms with van der Waals surface area (Å²) in [4.78, 5) is 0. The number of aryl methyl sites for hydroxylation is 1. The molecule has 19 heavy (non-hydrogen) atoms. The molecule has 3 N–H and O–H groups in total. The predicted molar refractivity (Wildman–Crippen MR) is 78.6 cm³/mol. The molecule has 1 aromatic heterocycles. The molecular formula is C14H19N3OS. The zero-order valence-electron chi connectivity index (χ0n) is 11.2. The zero-order chi connectivity index (χ0) is 13.8. The topological polar surface area (TPSA) is 64.1 Å². The molecule has 4 nitrogen and oxygen atoms in total. The second-order valence-corrected chi connectivity index (χ2v) is 5.86. The Morgan fingerprint density at radius 2 is 2.05 bits per heavy atom. The van der Waals surface area contributed by atoms with Gasteiger partial charge in [-0.15, -0.1) is 11.8 Å². The average Bonchev–Trinajstić information content (AvgIpc) is 2.75. The van der Waals surface area contributed by atoms with E-state index in [-0.39, 0.29) is 11.9 Å². The third-order valence-corrected chi connectivity index (χ3v) is 4.11. The number of aliphatic hydroxyl groups excluding tert-OH is 1. The first-order valence-electron chi connectivity index (χ1n) is 6.28. The van der Waals surface area contributed by atoms with Crippen LogP contribution in [0.4, 0.5) is 0 Å². The fourth-order valence-corrected chi connectivity index (χ4v) is 2.94. The highest BCUT2D eigenvalue weighted by molar-refractivity contribution is 7.99. The van der Waals surface area contributed by atoms with E-state index in [1.807, 2.05) is 48.9 Å². The molecule has 1 heterocycles. The van der Waals surface area contributed by atoms with Crippen LogP contribution in [0.25, 0.3) is 5.69 Å². The number of nitrogens with zero attached hydrogens (tertiary/aromatic N) is 2. The van der Waals surface area contributed by atoms with E-state index < -0.39 is 0 Å². The Bertz CT molecular complexity index is 539. The Morgan fingerprint density at radius 1 is 1.37 bits per heavy atom. The van der Waals surface area contributed by atoms with Gasteiger partial charge in [-0.05, 0) is 19.1 Å². The van der Waals surface area contributed by atoms with E-state index in [9.17, 15) is 5.11 Å². The normalized spacial score (nSPS) is 12.6. The minimum Gasteiger partial charge on any atom is -0.395 e. The molecule has 1 aromatic carbocycles.